The Hall–Kier alpha value is -2.40. The number of benzene rings is 1. The summed E-state index contributed by atoms with van der Waals surface area (Å²) in [6, 6.07) is 7.66. The lowest BCUT2D eigenvalue weighted by atomic mass is 9.64. The Labute approximate surface area is 181 Å². The highest BCUT2D eigenvalue weighted by Gasteiger charge is 2.62. The van der Waals surface area contributed by atoms with Gasteiger partial charge in [0.25, 0.3) is 5.91 Å². The molecule has 6 heteroatoms. The lowest BCUT2D eigenvalue weighted by Gasteiger charge is -2.41. The van der Waals surface area contributed by atoms with Crippen molar-refractivity contribution < 1.29 is 14.4 Å². The van der Waals surface area contributed by atoms with Crippen molar-refractivity contribution in [3.8, 4) is 0 Å². The van der Waals surface area contributed by atoms with Crippen LogP contribution in [0.15, 0.2) is 53.8 Å². The van der Waals surface area contributed by atoms with Gasteiger partial charge in [-0.05, 0) is 65.7 Å². The van der Waals surface area contributed by atoms with Crippen LogP contribution in [0.4, 0.5) is 4.79 Å². The van der Waals surface area contributed by atoms with Gasteiger partial charge in [0, 0.05) is 5.56 Å². The topological polar surface area (TPSA) is 75.3 Å². The van der Waals surface area contributed by atoms with E-state index in [-0.39, 0.29) is 28.2 Å². The van der Waals surface area contributed by atoms with E-state index < -0.39 is 17.3 Å². The fraction of sp³-hybridized carbons (Fsp3) is 0.458. The smallest absolute Gasteiger partial charge is 0.304 e. The number of ketones is 1. The normalized spacial score (nSPS) is 31.7. The number of hydrogen-bond acceptors (Lipinski definition) is 3. The number of imide groups is 1. The van der Waals surface area contributed by atoms with E-state index >= 15 is 0 Å². The molecule has 0 saturated heterocycles. The fourth-order valence-electron chi connectivity index (χ4n) is 5.66. The molecule has 3 amide bonds. The highest BCUT2D eigenvalue weighted by Crippen LogP contribution is 2.70. The molecule has 0 radical (unpaired) electrons. The number of fused-ring (bicyclic) bond motifs is 2. The molecule has 4 rings (SSSR count). The molecule has 4 atom stereocenters. The lowest BCUT2D eigenvalue weighted by molar-refractivity contribution is -0.115. The summed E-state index contributed by atoms with van der Waals surface area (Å²) in [5.74, 6) is 0.0445. The highest BCUT2D eigenvalue weighted by atomic mass is 35.5. The summed E-state index contributed by atoms with van der Waals surface area (Å²) in [5.41, 5.74) is 1.75. The van der Waals surface area contributed by atoms with Crippen LogP contribution in [-0.4, -0.2) is 23.1 Å². The van der Waals surface area contributed by atoms with Gasteiger partial charge in [-0.2, -0.15) is 0 Å². The quantitative estimate of drug-likeness (QED) is 0.694. The van der Waals surface area contributed by atoms with Crippen molar-refractivity contribution >= 4 is 29.3 Å². The SMILES string of the molecule is CC1(C)C2CCC1(C)C(C1=CC=C(NC(=O)NC(=O)c3ccccc3)C(=O)C1Cl)C2. The van der Waals surface area contributed by atoms with E-state index in [1.165, 1.54) is 6.42 Å². The first-order valence-corrected chi connectivity index (χ1v) is 10.9. The first kappa shape index (κ1) is 20.9. The van der Waals surface area contributed by atoms with Crippen LogP contribution >= 0.6 is 11.6 Å². The van der Waals surface area contributed by atoms with Crippen molar-refractivity contribution in [1.29, 1.82) is 0 Å². The molecular formula is C24H27ClN2O3. The number of nitrogens with one attached hydrogen (secondary N) is 2. The minimum Gasteiger partial charge on any atom is -0.304 e. The average molecular weight is 427 g/mol. The number of amides is 3. The van der Waals surface area contributed by atoms with Gasteiger partial charge in [0.15, 0.2) is 0 Å². The number of carbonyl (C=O) groups excluding carboxylic acids is 3. The molecule has 1 aromatic rings. The van der Waals surface area contributed by atoms with Gasteiger partial charge in [0.2, 0.25) is 5.78 Å². The second-order valence-electron chi connectivity index (χ2n) is 9.41. The van der Waals surface area contributed by atoms with Crippen molar-refractivity contribution in [2.75, 3.05) is 0 Å². The van der Waals surface area contributed by atoms with E-state index in [1.54, 1.807) is 36.4 Å². The Bertz CT molecular complexity index is 966. The maximum absolute atomic E-state index is 12.9. The van der Waals surface area contributed by atoms with Crippen molar-refractivity contribution in [3.05, 3.63) is 59.3 Å². The molecule has 3 aliphatic rings. The molecule has 0 aliphatic heterocycles. The van der Waals surface area contributed by atoms with Gasteiger partial charge in [-0.25, -0.2) is 4.79 Å². The van der Waals surface area contributed by atoms with E-state index in [1.807, 2.05) is 6.08 Å². The maximum atomic E-state index is 12.9. The fourth-order valence-corrected chi connectivity index (χ4v) is 6.00. The van der Waals surface area contributed by atoms with E-state index in [0.717, 1.165) is 18.4 Å². The monoisotopic (exact) mass is 426 g/mol. The van der Waals surface area contributed by atoms with E-state index in [2.05, 4.69) is 31.4 Å². The van der Waals surface area contributed by atoms with Crippen LogP contribution in [0.25, 0.3) is 0 Å². The van der Waals surface area contributed by atoms with E-state index in [0.29, 0.717) is 11.5 Å². The first-order valence-electron chi connectivity index (χ1n) is 10.4. The van der Waals surface area contributed by atoms with Crippen molar-refractivity contribution in [2.45, 2.75) is 45.4 Å². The third-order valence-electron chi connectivity index (χ3n) is 7.94. The maximum Gasteiger partial charge on any atom is 0.326 e. The summed E-state index contributed by atoms with van der Waals surface area (Å²) >= 11 is 6.59. The van der Waals surface area contributed by atoms with Gasteiger partial charge in [-0.1, -0.05) is 45.0 Å². The van der Waals surface area contributed by atoms with Crippen molar-refractivity contribution in [3.63, 3.8) is 0 Å². The molecule has 158 valence electrons. The predicted octanol–water partition coefficient (Wildman–Crippen LogP) is 4.59. The summed E-state index contributed by atoms with van der Waals surface area (Å²) in [4.78, 5) is 37.2. The molecule has 0 aromatic heterocycles. The van der Waals surface area contributed by atoms with Gasteiger partial charge >= 0.3 is 6.03 Å². The summed E-state index contributed by atoms with van der Waals surface area (Å²) in [6.07, 6.45) is 6.93. The van der Waals surface area contributed by atoms with E-state index in [9.17, 15) is 14.4 Å². The Balaban J connectivity index is 1.48. The van der Waals surface area contributed by atoms with Crippen LogP contribution in [0, 0.1) is 22.7 Å². The molecular weight excluding hydrogens is 400 g/mol. The minimum atomic E-state index is -0.799. The summed E-state index contributed by atoms with van der Waals surface area (Å²) in [5, 5.41) is 3.92. The molecule has 4 unspecified atom stereocenters. The van der Waals surface area contributed by atoms with Crippen molar-refractivity contribution in [2.24, 2.45) is 22.7 Å². The van der Waals surface area contributed by atoms with E-state index in [4.69, 9.17) is 11.6 Å². The van der Waals surface area contributed by atoms with Crippen LogP contribution in [0.3, 0.4) is 0 Å². The molecule has 2 fully saturated rings. The number of allylic oxidation sites excluding steroid dienone is 4. The molecule has 30 heavy (non-hydrogen) atoms. The number of halogens is 1. The molecule has 2 bridgehead atoms. The molecule has 1 aromatic carbocycles. The van der Waals surface area contributed by atoms with Crippen LogP contribution in [-0.2, 0) is 4.79 Å². The second kappa shape index (κ2) is 7.38. The Morgan fingerprint density at radius 2 is 1.80 bits per heavy atom. The summed E-state index contributed by atoms with van der Waals surface area (Å²) in [7, 11) is 0. The van der Waals surface area contributed by atoms with Crippen molar-refractivity contribution in [1.82, 2.24) is 10.6 Å². The molecule has 2 saturated carbocycles. The van der Waals surface area contributed by atoms with Crippen LogP contribution < -0.4 is 10.6 Å². The van der Waals surface area contributed by atoms with Gasteiger partial charge in [0.1, 0.15) is 5.38 Å². The molecule has 2 N–H and O–H groups in total. The number of rotatable bonds is 3. The third kappa shape index (κ3) is 3.20. The highest BCUT2D eigenvalue weighted by molar-refractivity contribution is 6.36. The standard InChI is InChI=1S/C24H27ClN2O3/c1-23(2)15-11-12-24(23,3)17(13-15)16-9-10-18(20(28)19(16)25)26-22(30)27-21(29)14-7-5-4-6-8-14/h4-10,15,17,19H,11-13H2,1-3H3,(H2,26,27,29,30). The van der Waals surface area contributed by atoms with Crippen LogP contribution in [0.1, 0.15) is 50.4 Å². The van der Waals surface area contributed by atoms with Gasteiger partial charge in [0.05, 0.1) is 5.70 Å². The number of alkyl halides is 1. The largest absolute Gasteiger partial charge is 0.326 e. The van der Waals surface area contributed by atoms with Crippen LogP contribution in [0.5, 0.6) is 0 Å². The zero-order valence-corrected chi connectivity index (χ0v) is 18.3. The summed E-state index contributed by atoms with van der Waals surface area (Å²) in [6.45, 7) is 6.98. The minimum absolute atomic E-state index is 0.102. The second-order valence-corrected chi connectivity index (χ2v) is 9.85. The Kier molecular flexibility index (Phi) is 5.13. The zero-order valence-electron chi connectivity index (χ0n) is 17.5. The summed E-state index contributed by atoms with van der Waals surface area (Å²) < 4.78 is 0. The Morgan fingerprint density at radius 1 is 1.10 bits per heavy atom. The van der Waals surface area contributed by atoms with Gasteiger partial charge < -0.3 is 5.32 Å². The van der Waals surface area contributed by atoms with Gasteiger partial charge in [-0.15, -0.1) is 11.6 Å². The third-order valence-corrected chi connectivity index (χ3v) is 8.39. The average Bonchev–Trinajstić information content (AvgIpc) is 3.06. The molecule has 3 aliphatic carbocycles. The Morgan fingerprint density at radius 3 is 2.40 bits per heavy atom. The molecule has 0 heterocycles. The number of Topliss-reactive ketones (excluding diaryl/α,β-unsaturated/α-hetero) is 1. The first-order chi connectivity index (χ1) is 14.1. The van der Waals surface area contributed by atoms with Gasteiger partial charge in [-0.3, -0.25) is 14.9 Å². The number of urea groups is 1. The lowest BCUT2D eigenvalue weighted by Crippen LogP contribution is -2.43. The number of carbonyl (C=O) groups is 3. The number of hydrogen-bond donors (Lipinski definition) is 2. The van der Waals surface area contributed by atoms with Crippen LogP contribution in [0.2, 0.25) is 0 Å². The zero-order chi connectivity index (χ0) is 21.7. The molecule has 5 nitrogen and oxygen atoms in total. The predicted molar refractivity (Wildman–Crippen MR) is 116 cm³/mol. The molecule has 0 spiro atoms.